The van der Waals surface area contributed by atoms with Crippen LogP contribution in [0, 0.1) is 0 Å². The summed E-state index contributed by atoms with van der Waals surface area (Å²) in [4.78, 5) is 21.8. The molecule has 0 radical (unpaired) electrons. The third kappa shape index (κ3) is 3.91. The second-order valence-corrected chi connectivity index (χ2v) is 3.57. The molecule has 0 atom stereocenters. The molecule has 0 fully saturated rings. The van der Waals surface area contributed by atoms with Crippen LogP contribution in [0.25, 0.3) is 0 Å². The predicted molar refractivity (Wildman–Crippen MR) is 71.5 cm³/mol. The summed E-state index contributed by atoms with van der Waals surface area (Å²) < 4.78 is 15.4. The second kappa shape index (κ2) is 7.03. The van der Waals surface area contributed by atoms with Crippen molar-refractivity contribution in [3.8, 4) is 17.2 Å². The summed E-state index contributed by atoms with van der Waals surface area (Å²) in [5, 5.41) is 10.9. The molecule has 1 aromatic carbocycles. The summed E-state index contributed by atoms with van der Waals surface area (Å²) in [6.45, 7) is 0. The quantitative estimate of drug-likeness (QED) is 0.763. The highest BCUT2D eigenvalue weighted by molar-refractivity contribution is 6.02. The summed E-state index contributed by atoms with van der Waals surface area (Å²) in [5.41, 5.74) is 0.388. The third-order valence-corrected chi connectivity index (χ3v) is 2.31. The Kier molecular flexibility index (Phi) is 5.40. The molecule has 0 aliphatic carbocycles. The SMILES string of the molecule is COc1cc(NC(=O)/C=C/C(=O)O)cc(OC)c1OC. The minimum Gasteiger partial charge on any atom is -0.493 e. The number of carboxylic acid groups (broad SMARTS) is 1. The van der Waals surface area contributed by atoms with Gasteiger partial charge in [0.25, 0.3) is 0 Å². The zero-order valence-corrected chi connectivity index (χ0v) is 11.3. The molecule has 1 rings (SSSR count). The molecule has 0 aliphatic heterocycles. The maximum atomic E-state index is 11.5. The maximum Gasteiger partial charge on any atom is 0.328 e. The third-order valence-electron chi connectivity index (χ3n) is 2.31. The summed E-state index contributed by atoms with van der Waals surface area (Å²) in [6.07, 6.45) is 1.65. The fraction of sp³-hybridized carbons (Fsp3) is 0.231. The van der Waals surface area contributed by atoms with Crippen LogP contribution in [0.5, 0.6) is 17.2 Å². The van der Waals surface area contributed by atoms with Gasteiger partial charge in [-0.05, 0) is 0 Å². The minimum atomic E-state index is -1.20. The highest BCUT2D eigenvalue weighted by atomic mass is 16.5. The van der Waals surface area contributed by atoms with Gasteiger partial charge >= 0.3 is 5.97 Å². The normalized spacial score (nSPS) is 10.2. The molecule has 0 aliphatic rings. The lowest BCUT2D eigenvalue weighted by atomic mass is 10.2. The molecule has 7 nitrogen and oxygen atoms in total. The van der Waals surface area contributed by atoms with E-state index in [1.165, 1.54) is 33.5 Å². The van der Waals surface area contributed by atoms with Crippen LogP contribution in [0.4, 0.5) is 5.69 Å². The van der Waals surface area contributed by atoms with Gasteiger partial charge in [-0.2, -0.15) is 0 Å². The molecule has 0 unspecified atom stereocenters. The number of ether oxygens (including phenoxy) is 3. The van der Waals surface area contributed by atoms with Crippen molar-refractivity contribution >= 4 is 17.6 Å². The predicted octanol–water partition coefficient (Wildman–Crippen LogP) is 1.29. The second-order valence-electron chi connectivity index (χ2n) is 3.57. The van der Waals surface area contributed by atoms with E-state index in [1.807, 2.05) is 0 Å². The fourth-order valence-corrected chi connectivity index (χ4v) is 1.48. The zero-order chi connectivity index (χ0) is 15.1. The number of anilines is 1. The van der Waals surface area contributed by atoms with Crippen molar-refractivity contribution in [1.82, 2.24) is 0 Å². The molecular formula is C13H15NO6. The van der Waals surface area contributed by atoms with Crippen molar-refractivity contribution in [3.05, 3.63) is 24.3 Å². The molecule has 0 saturated carbocycles. The lowest BCUT2D eigenvalue weighted by Crippen LogP contribution is -2.09. The number of carbonyl (C=O) groups is 2. The van der Waals surface area contributed by atoms with Crippen molar-refractivity contribution in [2.24, 2.45) is 0 Å². The van der Waals surface area contributed by atoms with E-state index in [4.69, 9.17) is 19.3 Å². The van der Waals surface area contributed by atoms with Gasteiger partial charge in [-0.15, -0.1) is 0 Å². The molecule has 0 aromatic heterocycles. The van der Waals surface area contributed by atoms with Crippen molar-refractivity contribution in [1.29, 1.82) is 0 Å². The Labute approximate surface area is 115 Å². The molecule has 7 heteroatoms. The van der Waals surface area contributed by atoms with E-state index in [1.54, 1.807) is 0 Å². The topological polar surface area (TPSA) is 94.1 Å². The summed E-state index contributed by atoms with van der Waals surface area (Å²) in [7, 11) is 4.37. The van der Waals surface area contributed by atoms with E-state index in [2.05, 4.69) is 5.32 Å². The zero-order valence-electron chi connectivity index (χ0n) is 11.3. The van der Waals surface area contributed by atoms with Gasteiger partial charge in [-0.1, -0.05) is 0 Å². The standard InChI is InChI=1S/C13H15NO6/c1-18-9-6-8(7-10(19-2)13(9)20-3)14-11(15)4-5-12(16)17/h4-7H,1-3H3,(H,14,15)(H,16,17)/b5-4+. The molecule has 0 saturated heterocycles. The summed E-state index contributed by atoms with van der Waals surface area (Å²) in [6, 6.07) is 3.07. The van der Waals surface area contributed by atoms with E-state index in [9.17, 15) is 9.59 Å². The number of rotatable bonds is 6. The number of hydrogen-bond donors (Lipinski definition) is 2. The van der Waals surface area contributed by atoms with Crippen LogP contribution >= 0.6 is 0 Å². The molecule has 1 amide bonds. The first-order chi connectivity index (χ1) is 9.51. The van der Waals surface area contributed by atoms with Gasteiger partial charge in [0.2, 0.25) is 11.7 Å². The highest BCUT2D eigenvalue weighted by Gasteiger charge is 2.13. The number of amides is 1. The Balaban J connectivity index is 3.02. The van der Waals surface area contributed by atoms with Crippen LogP contribution < -0.4 is 19.5 Å². The Bertz CT molecular complexity index is 513. The van der Waals surface area contributed by atoms with E-state index < -0.39 is 11.9 Å². The van der Waals surface area contributed by atoms with Crippen LogP contribution in [-0.4, -0.2) is 38.3 Å². The Hall–Kier alpha value is -2.70. The molecule has 108 valence electrons. The van der Waals surface area contributed by atoms with Crippen molar-refractivity contribution in [2.45, 2.75) is 0 Å². The van der Waals surface area contributed by atoms with Crippen molar-refractivity contribution < 1.29 is 28.9 Å². The number of nitrogens with one attached hydrogen (secondary N) is 1. The van der Waals surface area contributed by atoms with Gasteiger partial charge in [0.15, 0.2) is 11.5 Å². The van der Waals surface area contributed by atoms with Crippen molar-refractivity contribution in [2.75, 3.05) is 26.6 Å². The lowest BCUT2D eigenvalue weighted by Gasteiger charge is -2.14. The Morgan fingerprint density at radius 1 is 1.05 bits per heavy atom. The number of carbonyl (C=O) groups excluding carboxylic acids is 1. The number of methoxy groups -OCH3 is 3. The largest absolute Gasteiger partial charge is 0.493 e. The monoisotopic (exact) mass is 281 g/mol. The molecule has 0 bridgehead atoms. The van der Waals surface area contributed by atoms with Gasteiger partial charge in [-0.25, -0.2) is 4.79 Å². The highest BCUT2D eigenvalue weighted by Crippen LogP contribution is 2.39. The number of carboxylic acids is 1. The van der Waals surface area contributed by atoms with Crippen molar-refractivity contribution in [3.63, 3.8) is 0 Å². The first kappa shape index (κ1) is 15.4. The molecule has 1 aromatic rings. The first-order valence-corrected chi connectivity index (χ1v) is 5.53. The van der Waals surface area contributed by atoms with Gasteiger partial charge < -0.3 is 24.6 Å². The van der Waals surface area contributed by atoms with Gasteiger partial charge in [0.1, 0.15) is 0 Å². The molecule has 2 N–H and O–H groups in total. The number of aliphatic carboxylic acids is 1. The average molecular weight is 281 g/mol. The Morgan fingerprint density at radius 2 is 1.60 bits per heavy atom. The van der Waals surface area contributed by atoms with E-state index in [-0.39, 0.29) is 0 Å². The lowest BCUT2D eigenvalue weighted by molar-refractivity contribution is -0.131. The molecular weight excluding hydrogens is 266 g/mol. The summed E-state index contributed by atoms with van der Waals surface area (Å²) >= 11 is 0. The minimum absolute atomic E-state index is 0.379. The van der Waals surface area contributed by atoms with Gasteiger partial charge in [0, 0.05) is 30.0 Å². The average Bonchev–Trinajstić information content (AvgIpc) is 2.43. The first-order valence-electron chi connectivity index (χ1n) is 5.53. The smallest absolute Gasteiger partial charge is 0.328 e. The Morgan fingerprint density at radius 3 is 2.00 bits per heavy atom. The molecule has 0 heterocycles. The summed E-state index contributed by atoms with van der Waals surface area (Å²) in [5.74, 6) is -0.630. The van der Waals surface area contributed by atoms with Crippen LogP contribution in [-0.2, 0) is 9.59 Å². The van der Waals surface area contributed by atoms with Gasteiger partial charge in [0.05, 0.1) is 21.3 Å². The van der Waals surface area contributed by atoms with Crippen LogP contribution in [0.1, 0.15) is 0 Å². The molecule has 20 heavy (non-hydrogen) atoms. The van der Waals surface area contributed by atoms with Crippen LogP contribution in [0.15, 0.2) is 24.3 Å². The van der Waals surface area contributed by atoms with Gasteiger partial charge in [-0.3, -0.25) is 4.79 Å². The van der Waals surface area contributed by atoms with Crippen LogP contribution in [0.2, 0.25) is 0 Å². The van der Waals surface area contributed by atoms with E-state index >= 15 is 0 Å². The maximum absolute atomic E-state index is 11.5. The van der Waals surface area contributed by atoms with Crippen LogP contribution in [0.3, 0.4) is 0 Å². The number of hydrogen-bond acceptors (Lipinski definition) is 5. The number of benzene rings is 1. The fourth-order valence-electron chi connectivity index (χ4n) is 1.48. The van der Waals surface area contributed by atoms with E-state index in [0.717, 1.165) is 12.2 Å². The van der Waals surface area contributed by atoms with E-state index in [0.29, 0.717) is 22.9 Å². The molecule has 0 spiro atoms.